The van der Waals surface area contributed by atoms with Gasteiger partial charge in [-0.3, -0.25) is 4.79 Å². The Labute approximate surface area is 123 Å². The van der Waals surface area contributed by atoms with E-state index in [-0.39, 0.29) is 6.54 Å². The van der Waals surface area contributed by atoms with Crippen molar-refractivity contribution in [2.24, 2.45) is 5.73 Å². The quantitative estimate of drug-likeness (QED) is 0.859. The largest absolute Gasteiger partial charge is 0.481 e. The van der Waals surface area contributed by atoms with Gasteiger partial charge in [0.2, 0.25) is 0 Å². The summed E-state index contributed by atoms with van der Waals surface area (Å²) in [5, 5.41) is 9.73. The maximum Gasteiger partial charge on any atom is 0.315 e. The van der Waals surface area contributed by atoms with Crippen LogP contribution >= 0.6 is 11.3 Å². The van der Waals surface area contributed by atoms with Crippen molar-refractivity contribution < 1.29 is 9.90 Å². The number of carboxylic acids is 1. The molecule has 3 nitrogen and oxygen atoms in total. The molecule has 1 aromatic heterocycles. The van der Waals surface area contributed by atoms with E-state index < -0.39 is 11.4 Å². The van der Waals surface area contributed by atoms with Crippen LogP contribution < -0.4 is 5.73 Å². The molecule has 0 saturated carbocycles. The summed E-state index contributed by atoms with van der Waals surface area (Å²) in [6, 6.07) is 13.4. The van der Waals surface area contributed by atoms with Crippen LogP contribution in [0.2, 0.25) is 0 Å². The van der Waals surface area contributed by atoms with Crippen molar-refractivity contribution in [2.45, 2.75) is 25.2 Å². The van der Waals surface area contributed by atoms with E-state index in [1.54, 1.807) is 11.3 Å². The highest BCUT2D eigenvalue weighted by atomic mass is 32.1. The molecule has 0 bridgehead atoms. The lowest BCUT2D eigenvalue weighted by Gasteiger charge is -2.28. The van der Waals surface area contributed by atoms with Crippen LogP contribution in [0.5, 0.6) is 0 Å². The Morgan fingerprint density at radius 2 is 1.85 bits per heavy atom. The second-order valence-electron chi connectivity index (χ2n) is 4.86. The number of rotatable bonds is 6. The molecule has 0 saturated heterocycles. The molecule has 4 heteroatoms. The Hall–Kier alpha value is -1.65. The van der Waals surface area contributed by atoms with Crippen LogP contribution in [0.15, 0.2) is 42.5 Å². The van der Waals surface area contributed by atoms with Gasteiger partial charge in [0.25, 0.3) is 0 Å². The second-order valence-corrected chi connectivity index (χ2v) is 6.11. The average Bonchev–Trinajstić information content (AvgIpc) is 2.93. The number of carboxylic acid groups (broad SMARTS) is 1. The molecule has 2 rings (SSSR count). The molecule has 106 valence electrons. The van der Waals surface area contributed by atoms with Crippen LogP contribution in [-0.2, 0) is 23.1 Å². The van der Waals surface area contributed by atoms with E-state index in [0.717, 1.165) is 16.9 Å². The van der Waals surface area contributed by atoms with Crippen LogP contribution in [0.25, 0.3) is 0 Å². The zero-order valence-electron chi connectivity index (χ0n) is 11.5. The van der Waals surface area contributed by atoms with Gasteiger partial charge in [-0.25, -0.2) is 0 Å². The molecule has 0 radical (unpaired) electrons. The number of benzene rings is 1. The first-order valence-electron chi connectivity index (χ1n) is 6.69. The molecule has 1 heterocycles. The summed E-state index contributed by atoms with van der Waals surface area (Å²) < 4.78 is 0. The van der Waals surface area contributed by atoms with Crippen LogP contribution in [-0.4, -0.2) is 17.6 Å². The van der Waals surface area contributed by atoms with Gasteiger partial charge in [-0.1, -0.05) is 37.3 Å². The molecule has 0 aliphatic carbocycles. The number of nitrogens with two attached hydrogens (primary N) is 1. The van der Waals surface area contributed by atoms with E-state index in [1.807, 2.05) is 36.4 Å². The summed E-state index contributed by atoms with van der Waals surface area (Å²) in [4.78, 5) is 14.2. The molecule has 0 spiro atoms. The van der Waals surface area contributed by atoms with Crippen LogP contribution in [0.4, 0.5) is 0 Å². The molecule has 0 fully saturated rings. The van der Waals surface area contributed by atoms with Gasteiger partial charge >= 0.3 is 5.97 Å². The van der Waals surface area contributed by atoms with Crippen molar-refractivity contribution in [3.63, 3.8) is 0 Å². The Bertz CT molecular complexity index is 579. The van der Waals surface area contributed by atoms with E-state index in [4.69, 9.17) is 5.73 Å². The van der Waals surface area contributed by atoms with Crippen molar-refractivity contribution in [3.05, 3.63) is 57.8 Å². The minimum atomic E-state index is -1.04. The molecule has 0 amide bonds. The van der Waals surface area contributed by atoms with Gasteiger partial charge in [0.15, 0.2) is 0 Å². The fourth-order valence-electron chi connectivity index (χ4n) is 2.34. The lowest BCUT2D eigenvalue weighted by molar-refractivity contribution is -0.143. The maximum atomic E-state index is 11.9. The third-order valence-electron chi connectivity index (χ3n) is 3.63. The maximum absolute atomic E-state index is 11.9. The molecule has 1 atom stereocenters. The number of carbonyl (C=O) groups is 1. The Morgan fingerprint density at radius 1 is 1.20 bits per heavy atom. The van der Waals surface area contributed by atoms with Crippen molar-refractivity contribution in [1.82, 2.24) is 0 Å². The SMILES string of the molecule is CCc1ccc(CC(CN)(C(=O)O)c2ccccc2)s1. The smallest absolute Gasteiger partial charge is 0.315 e. The van der Waals surface area contributed by atoms with Crippen molar-refractivity contribution >= 4 is 17.3 Å². The summed E-state index contributed by atoms with van der Waals surface area (Å²) in [6.45, 7) is 2.19. The van der Waals surface area contributed by atoms with Gasteiger partial charge in [0.1, 0.15) is 5.41 Å². The number of aliphatic carboxylic acids is 1. The molecule has 0 aliphatic heterocycles. The summed E-state index contributed by atoms with van der Waals surface area (Å²) in [7, 11) is 0. The van der Waals surface area contributed by atoms with Gasteiger partial charge in [-0.2, -0.15) is 0 Å². The minimum Gasteiger partial charge on any atom is -0.481 e. The van der Waals surface area contributed by atoms with E-state index >= 15 is 0 Å². The van der Waals surface area contributed by atoms with E-state index in [1.165, 1.54) is 4.88 Å². The lowest BCUT2D eigenvalue weighted by Crippen LogP contribution is -2.44. The predicted octanol–water partition coefficient (Wildman–Crippen LogP) is 2.83. The molecular formula is C16H19NO2S. The van der Waals surface area contributed by atoms with E-state index in [2.05, 4.69) is 13.0 Å². The van der Waals surface area contributed by atoms with Crippen molar-refractivity contribution in [1.29, 1.82) is 0 Å². The number of hydrogen-bond donors (Lipinski definition) is 2. The molecule has 3 N–H and O–H groups in total. The fraction of sp³-hybridized carbons (Fsp3) is 0.312. The van der Waals surface area contributed by atoms with Crippen LogP contribution in [0.1, 0.15) is 22.2 Å². The Kier molecular flexibility index (Phi) is 4.57. The summed E-state index contributed by atoms with van der Waals surface area (Å²) in [5.74, 6) is -0.863. The highest BCUT2D eigenvalue weighted by Gasteiger charge is 2.39. The molecule has 0 aliphatic rings. The van der Waals surface area contributed by atoms with Gasteiger partial charge < -0.3 is 10.8 Å². The number of hydrogen-bond acceptors (Lipinski definition) is 3. The highest BCUT2D eigenvalue weighted by molar-refractivity contribution is 7.12. The van der Waals surface area contributed by atoms with Crippen molar-refractivity contribution in [3.8, 4) is 0 Å². The third kappa shape index (κ3) is 2.76. The summed E-state index contributed by atoms with van der Waals surface area (Å²) >= 11 is 1.67. The average molecular weight is 289 g/mol. The Morgan fingerprint density at radius 3 is 2.35 bits per heavy atom. The predicted molar refractivity (Wildman–Crippen MR) is 82.2 cm³/mol. The van der Waals surface area contributed by atoms with Gasteiger partial charge in [-0.05, 0) is 24.1 Å². The van der Waals surface area contributed by atoms with Crippen molar-refractivity contribution in [2.75, 3.05) is 6.54 Å². The molecule has 20 heavy (non-hydrogen) atoms. The van der Waals surface area contributed by atoms with Crippen LogP contribution in [0, 0.1) is 0 Å². The van der Waals surface area contributed by atoms with Gasteiger partial charge in [0.05, 0.1) is 0 Å². The monoisotopic (exact) mass is 289 g/mol. The number of aryl methyl sites for hydroxylation is 1. The molecular weight excluding hydrogens is 270 g/mol. The molecule has 2 aromatic rings. The zero-order chi connectivity index (χ0) is 14.6. The molecule has 1 aromatic carbocycles. The molecule has 1 unspecified atom stereocenters. The standard InChI is InChI=1S/C16H19NO2S/c1-2-13-8-9-14(20-13)10-16(11-17,15(18)19)12-6-4-3-5-7-12/h3-9H,2,10-11,17H2,1H3,(H,18,19). The third-order valence-corrected chi connectivity index (χ3v) is 4.86. The zero-order valence-corrected chi connectivity index (χ0v) is 12.3. The first kappa shape index (κ1) is 14.8. The summed E-state index contributed by atoms with van der Waals surface area (Å²) in [5.41, 5.74) is 5.57. The topological polar surface area (TPSA) is 63.3 Å². The Balaban J connectivity index is 2.39. The normalized spacial score (nSPS) is 13.9. The van der Waals surface area contributed by atoms with E-state index in [9.17, 15) is 9.90 Å². The highest BCUT2D eigenvalue weighted by Crippen LogP contribution is 2.31. The summed E-state index contributed by atoms with van der Waals surface area (Å²) in [6.07, 6.45) is 1.41. The lowest BCUT2D eigenvalue weighted by atomic mass is 9.77. The second kappa shape index (κ2) is 6.20. The minimum absolute atomic E-state index is 0.0890. The first-order chi connectivity index (χ1) is 9.62. The van der Waals surface area contributed by atoms with Gasteiger partial charge in [0, 0.05) is 22.7 Å². The van der Waals surface area contributed by atoms with Gasteiger partial charge in [-0.15, -0.1) is 11.3 Å². The van der Waals surface area contributed by atoms with E-state index in [0.29, 0.717) is 6.42 Å². The van der Waals surface area contributed by atoms with Crippen LogP contribution in [0.3, 0.4) is 0 Å². The fourth-order valence-corrected chi connectivity index (χ4v) is 3.41. The number of thiophene rings is 1. The first-order valence-corrected chi connectivity index (χ1v) is 7.50.